The normalized spacial score (nSPS) is 17.7. The number of aliphatic hydroxyl groups is 1. The molecule has 2 aromatic rings. The van der Waals surface area contributed by atoms with Crippen LogP contribution < -0.4 is 4.90 Å². The Morgan fingerprint density at radius 1 is 1.23 bits per heavy atom. The fourth-order valence-corrected chi connectivity index (χ4v) is 3.31. The Balaban J connectivity index is 1.56. The first-order chi connectivity index (χ1) is 10.6. The lowest BCUT2D eigenvalue weighted by atomic mass is 10.1. The van der Waals surface area contributed by atoms with Crippen molar-refractivity contribution in [1.29, 1.82) is 0 Å². The van der Waals surface area contributed by atoms with Gasteiger partial charge in [0, 0.05) is 55.9 Å². The first-order valence-electron chi connectivity index (χ1n) is 7.13. The summed E-state index contributed by atoms with van der Waals surface area (Å²) in [6.45, 7) is 3.55. The van der Waals surface area contributed by atoms with Gasteiger partial charge in [0.05, 0.1) is 6.10 Å². The molecule has 1 saturated heterocycles. The minimum atomic E-state index is -0.952. The lowest BCUT2D eigenvalue weighted by Gasteiger charge is -2.35. The molecule has 0 amide bonds. The van der Waals surface area contributed by atoms with Gasteiger partial charge in [0.2, 0.25) is 0 Å². The zero-order valence-electron chi connectivity index (χ0n) is 12.0. The molecular weight excluding hydrogens is 308 g/mol. The minimum Gasteiger partial charge on any atom is -0.387 e. The van der Waals surface area contributed by atoms with Gasteiger partial charge in [-0.05, 0) is 6.07 Å². The predicted octanol–water partition coefficient (Wildman–Crippen LogP) is 2.28. The Morgan fingerprint density at radius 2 is 2.00 bits per heavy atom. The molecule has 2 heterocycles. The monoisotopic (exact) mass is 325 g/mol. The summed E-state index contributed by atoms with van der Waals surface area (Å²) in [5, 5.41) is 13.1. The van der Waals surface area contributed by atoms with Crippen molar-refractivity contribution < 1.29 is 13.9 Å². The van der Waals surface area contributed by atoms with Crippen molar-refractivity contribution in [2.45, 2.75) is 6.10 Å². The topological polar surface area (TPSA) is 39.6 Å². The van der Waals surface area contributed by atoms with Gasteiger partial charge in [-0.15, -0.1) is 11.3 Å². The number of thiazole rings is 1. The number of halogens is 2. The number of benzene rings is 1. The van der Waals surface area contributed by atoms with Gasteiger partial charge in [-0.25, -0.2) is 13.8 Å². The molecule has 4 nitrogen and oxygen atoms in total. The molecule has 22 heavy (non-hydrogen) atoms. The fourth-order valence-electron chi connectivity index (χ4n) is 2.61. The molecule has 1 N–H and O–H groups in total. The Morgan fingerprint density at radius 3 is 2.64 bits per heavy atom. The molecule has 3 rings (SSSR count). The first-order valence-corrected chi connectivity index (χ1v) is 8.01. The molecule has 118 valence electrons. The Bertz CT molecular complexity index is 615. The average Bonchev–Trinajstić information content (AvgIpc) is 3.02. The highest BCUT2D eigenvalue weighted by molar-refractivity contribution is 7.13. The van der Waals surface area contributed by atoms with E-state index in [1.54, 1.807) is 17.5 Å². The zero-order valence-corrected chi connectivity index (χ0v) is 12.8. The van der Waals surface area contributed by atoms with Gasteiger partial charge in [-0.2, -0.15) is 0 Å². The molecule has 1 aromatic carbocycles. The van der Waals surface area contributed by atoms with E-state index in [0.29, 0.717) is 6.54 Å². The smallest absolute Gasteiger partial charge is 0.185 e. The van der Waals surface area contributed by atoms with E-state index in [-0.39, 0.29) is 5.56 Å². The molecule has 1 aliphatic heterocycles. The van der Waals surface area contributed by atoms with Crippen molar-refractivity contribution in [2.24, 2.45) is 0 Å². The van der Waals surface area contributed by atoms with Gasteiger partial charge in [0.15, 0.2) is 5.13 Å². The number of aliphatic hydroxyl groups excluding tert-OH is 1. The van der Waals surface area contributed by atoms with Crippen molar-refractivity contribution in [2.75, 3.05) is 37.6 Å². The molecular formula is C15H17F2N3OS. The van der Waals surface area contributed by atoms with Gasteiger partial charge in [-0.3, -0.25) is 4.90 Å². The second kappa shape index (κ2) is 6.68. The summed E-state index contributed by atoms with van der Waals surface area (Å²) in [5.74, 6) is -1.33. The van der Waals surface area contributed by atoms with Crippen LogP contribution in [-0.4, -0.2) is 47.7 Å². The third-order valence-electron chi connectivity index (χ3n) is 3.81. The lowest BCUT2D eigenvalue weighted by molar-refractivity contribution is 0.106. The van der Waals surface area contributed by atoms with Crippen molar-refractivity contribution in [1.82, 2.24) is 9.88 Å². The van der Waals surface area contributed by atoms with Crippen LogP contribution in [-0.2, 0) is 0 Å². The predicted molar refractivity (Wildman–Crippen MR) is 82.1 cm³/mol. The van der Waals surface area contributed by atoms with Crippen LogP contribution in [0.5, 0.6) is 0 Å². The largest absolute Gasteiger partial charge is 0.387 e. The number of anilines is 1. The molecule has 1 aromatic heterocycles. The molecule has 7 heteroatoms. The molecule has 0 saturated carbocycles. The summed E-state index contributed by atoms with van der Waals surface area (Å²) in [6, 6.07) is 3.28. The number of hydrogen-bond acceptors (Lipinski definition) is 5. The van der Waals surface area contributed by atoms with E-state index in [0.717, 1.165) is 37.4 Å². The number of rotatable bonds is 4. The molecule has 0 aliphatic carbocycles. The Hall–Kier alpha value is -1.57. The molecule has 0 radical (unpaired) electrons. The molecule has 0 spiro atoms. The lowest BCUT2D eigenvalue weighted by Crippen LogP contribution is -2.47. The third kappa shape index (κ3) is 3.43. The SMILES string of the molecule is O[C@@H](CN1CCN(c2nccs2)CC1)c1ccc(F)cc1F. The number of β-amino-alcohol motifs (C(OH)–C–C–N with tert-alkyl or cyclic N) is 1. The average molecular weight is 325 g/mol. The van der Waals surface area contributed by atoms with Crippen LogP contribution in [0.1, 0.15) is 11.7 Å². The quantitative estimate of drug-likeness (QED) is 0.936. The van der Waals surface area contributed by atoms with Crippen molar-refractivity contribution in [3.8, 4) is 0 Å². The van der Waals surface area contributed by atoms with E-state index in [4.69, 9.17) is 0 Å². The van der Waals surface area contributed by atoms with E-state index in [9.17, 15) is 13.9 Å². The highest BCUT2D eigenvalue weighted by Crippen LogP contribution is 2.22. The van der Waals surface area contributed by atoms with Crippen LogP contribution in [0.2, 0.25) is 0 Å². The maximum Gasteiger partial charge on any atom is 0.185 e. The number of aromatic nitrogens is 1. The number of nitrogens with zero attached hydrogens (tertiary/aromatic N) is 3. The Labute approximate surface area is 131 Å². The zero-order chi connectivity index (χ0) is 15.5. The molecule has 0 bridgehead atoms. The fraction of sp³-hybridized carbons (Fsp3) is 0.400. The maximum absolute atomic E-state index is 13.7. The standard InChI is InChI=1S/C15H17F2N3OS/c16-11-1-2-12(13(17)9-11)14(21)10-19-4-6-20(7-5-19)15-18-3-8-22-15/h1-3,8-9,14,21H,4-7,10H2/t14-/m0/s1. The summed E-state index contributed by atoms with van der Waals surface area (Å²) in [6.07, 6.45) is 0.833. The highest BCUT2D eigenvalue weighted by atomic mass is 32.1. The van der Waals surface area contributed by atoms with Gasteiger partial charge in [-0.1, -0.05) is 6.07 Å². The summed E-state index contributed by atoms with van der Waals surface area (Å²) in [5.41, 5.74) is 0.142. The Kier molecular flexibility index (Phi) is 4.66. The second-order valence-electron chi connectivity index (χ2n) is 5.28. The van der Waals surface area contributed by atoms with E-state index < -0.39 is 17.7 Å². The summed E-state index contributed by atoms with van der Waals surface area (Å²) in [7, 11) is 0. The minimum absolute atomic E-state index is 0.142. The first kappa shape index (κ1) is 15.3. The van der Waals surface area contributed by atoms with E-state index in [1.807, 2.05) is 5.38 Å². The van der Waals surface area contributed by atoms with Crippen LogP contribution in [0.3, 0.4) is 0 Å². The van der Waals surface area contributed by atoms with Crippen molar-refractivity contribution >= 4 is 16.5 Å². The van der Waals surface area contributed by atoms with Crippen LogP contribution in [0, 0.1) is 11.6 Å². The van der Waals surface area contributed by atoms with Crippen LogP contribution in [0.15, 0.2) is 29.8 Å². The summed E-state index contributed by atoms with van der Waals surface area (Å²) < 4.78 is 26.6. The molecule has 1 fully saturated rings. The summed E-state index contributed by atoms with van der Waals surface area (Å²) in [4.78, 5) is 8.57. The van der Waals surface area contributed by atoms with Crippen molar-refractivity contribution in [3.05, 3.63) is 47.0 Å². The third-order valence-corrected chi connectivity index (χ3v) is 4.65. The van der Waals surface area contributed by atoms with E-state index in [1.165, 1.54) is 12.1 Å². The molecule has 1 atom stereocenters. The van der Waals surface area contributed by atoms with Crippen LogP contribution in [0.25, 0.3) is 0 Å². The van der Waals surface area contributed by atoms with E-state index >= 15 is 0 Å². The highest BCUT2D eigenvalue weighted by Gasteiger charge is 2.22. The second-order valence-corrected chi connectivity index (χ2v) is 6.16. The maximum atomic E-state index is 13.7. The number of hydrogen-bond donors (Lipinski definition) is 1. The van der Waals surface area contributed by atoms with Gasteiger partial charge < -0.3 is 10.0 Å². The van der Waals surface area contributed by atoms with Crippen LogP contribution >= 0.6 is 11.3 Å². The molecule has 1 aliphatic rings. The van der Waals surface area contributed by atoms with Gasteiger partial charge >= 0.3 is 0 Å². The van der Waals surface area contributed by atoms with Crippen molar-refractivity contribution in [3.63, 3.8) is 0 Å². The number of piperazine rings is 1. The van der Waals surface area contributed by atoms with Crippen LogP contribution in [0.4, 0.5) is 13.9 Å². The van der Waals surface area contributed by atoms with E-state index in [2.05, 4.69) is 14.8 Å². The summed E-state index contributed by atoms with van der Waals surface area (Å²) >= 11 is 1.61. The van der Waals surface area contributed by atoms with Gasteiger partial charge in [0.1, 0.15) is 11.6 Å². The molecule has 0 unspecified atom stereocenters. The van der Waals surface area contributed by atoms with Gasteiger partial charge in [0.25, 0.3) is 0 Å².